The van der Waals surface area contributed by atoms with Gasteiger partial charge in [0.05, 0.1) is 23.1 Å². The van der Waals surface area contributed by atoms with Gasteiger partial charge in [-0.1, -0.05) is 72.4 Å². The largest absolute Gasteiger partial charge is 0.369 e. The smallest absolute Gasteiger partial charge is 0.251 e. The Morgan fingerprint density at radius 3 is 2.54 bits per heavy atom. The lowest BCUT2D eigenvalue weighted by molar-refractivity contribution is 0.0951. The van der Waals surface area contributed by atoms with Crippen LogP contribution in [-0.2, 0) is 6.54 Å². The molecule has 1 aliphatic carbocycles. The first-order valence-corrected chi connectivity index (χ1v) is 14.8. The summed E-state index contributed by atoms with van der Waals surface area (Å²) in [7, 11) is 0. The van der Waals surface area contributed by atoms with Crippen molar-refractivity contribution in [1.29, 1.82) is 0 Å². The normalized spacial score (nSPS) is 18.5. The van der Waals surface area contributed by atoms with Crippen LogP contribution in [0.25, 0.3) is 5.57 Å². The van der Waals surface area contributed by atoms with E-state index in [9.17, 15) is 9.18 Å². The topological polar surface area (TPSA) is 38.8 Å². The molecule has 0 bridgehead atoms. The van der Waals surface area contributed by atoms with E-state index >= 15 is 0 Å². The summed E-state index contributed by atoms with van der Waals surface area (Å²) in [5.41, 5.74) is 6.64. The predicted octanol–water partition coefficient (Wildman–Crippen LogP) is 6.07. The number of carbonyl (C=O) groups is 1. The number of thiocarbonyl (C=S) groups is 1. The monoisotopic (exact) mass is 566 g/mol. The number of rotatable bonds is 8. The summed E-state index contributed by atoms with van der Waals surface area (Å²) < 4.78 is 14.6. The van der Waals surface area contributed by atoms with Crippen LogP contribution in [0.15, 0.2) is 90.5 Å². The zero-order valence-corrected chi connectivity index (χ0v) is 24.2. The number of carbonyl (C=O) groups excluding carboxylic acids is 1. The predicted molar refractivity (Wildman–Crippen MR) is 169 cm³/mol. The maximum absolute atomic E-state index is 14.6. The average Bonchev–Trinajstić information content (AvgIpc) is 3.40. The Kier molecular flexibility index (Phi) is 7.99. The van der Waals surface area contributed by atoms with Gasteiger partial charge in [-0.05, 0) is 55.8 Å². The number of halogens is 1. The van der Waals surface area contributed by atoms with Gasteiger partial charge in [0.15, 0.2) is 0 Å². The number of hydrogen-bond donors (Lipinski definition) is 1. The second kappa shape index (κ2) is 12.0. The van der Waals surface area contributed by atoms with E-state index < -0.39 is 0 Å². The van der Waals surface area contributed by atoms with Gasteiger partial charge in [0.2, 0.25) is 0 Å². The molecule has 5 nitrogen and oxygen atoms in total. The minimum Gasteiger partial charge on any atom is -0.369 e. The highest BCUT2D eigenvalue weighted by Crippen LogP contribution is 2.45. The fourth-order valence-corrected chi connectivity index (χ4v) is 6.41. The molecule has 1 amide bonds. The fraction of sp³-hybridized carbons (Fsp3) is 0.294. The highest BCUT2D eigenvalue weighted by atomic mass is 32.1. The summed E-state index contributed by atoms with van der Waals surface area (Å²) in [6.45, 7) is 8.04. The lowest BCUT2D eigenvalue weighted by Gasteiger charge is -2.37. The van der Waals surface area contributed by atoms with Crippen molar-refractivity contribution in [2.24, 2.45) is 5.92 Å². The van der Waals surface area contributed by atoms with E-state index in [1.807, 2.05) is 29.2 Å². The molecule has 1 saturated heterocycles. The molecule has 0 saturated carbocycles. The first-order valence-electron chi connectivity index (χ1n) is 14.4. The number of benzene rings is 3. The Bertz CT molecular complexity index is 1510. The number of piperazine rings is 1. The molecule has 0 radical (unpaired) electrons. The van der Waals surface area contributed by atoms with Crippen LogP contribution in [0, 0.1) is 11.7 Å². The van der Waals surface area contributed by atoms with Gasteiger partial charge in [-0.2, -0.15) is 0 Å². The molecule has 0 spiro atoms. The number of para-hydroxylation sites is 1. The van der Waals surface area contributed by atoms with Crippen molar-refractivity contribution in [2.75, 3.05) is 49.1 Å². The van der Waals surface area contributed by atoms with Crippen molar-refractivity contribution in [2.45, 2.75) is 19.9 Å². The number of nitrogens with one attached hydrogen (secondary N) is 1. The van der Waals surface area contributed by atoms with E-state index in [0.717, 1.165) is 66.5 Å². The summed E-state index contributed by atoms with van der Waals surface area (Å²) in [6.07, 6.45) is 5.22. The zero-order valence-electron chi connectivity index (χ0n) is 23.4. The molecule has 3 aliphatic rings. The summed E-state index contributed by atoms with van der Waals surface area (Å²) in [6, 6.07) is 23.2. The molecule has 7 heteroatoms. The zero-order chi connectivity index (χ0) is 28.3. The van der Waals surface area contributed by atoms with Crippen LogP contribution in [0.1, 0.15) is 34.8 Å². The van der Waals surface area contributed by atoms with Crippen LogP contribution < -0.4 is 15.1 Å². The van der Waals surface area contributed by atoms with Crippen LogP contribution in [0.2, 0.25) is 0 Å². The molecule has 1 atom stereocenters. The third-order valence-corrected chi connectivity index (χ3v) is 8.73. The van der Waals surface area contributed by atoms with Gasteiger partial charge in [-0.15, -0.1) is 0 Å². The standard InChI is InChI=1S/C34H35FN4OS/c1-24-20-29-28-13-12-25(22-32(28)39(34(41)30(29)21-24)23-26-8-5-6-11-31(26)35)33(40)36-14-7-15-37-16-18-38(19-17-37)27-9-3-2-4-10-27/h2-6,8-13,20-22,30H,7,14-19,23H2,1H3,(H,36,40). The second-order valence-electron chi connectivity index (χ2n) is 11.0. The molecule has 210 valence electrons. The highest BCUT2D eigenvalue weighted by Gasteiger charge is 2.35. The molecule has 1 fully saturated rings. The molecule has 6 rings (SSSR count). The molecular weight excluding hydrogens is 531 g/mol. The van der Waals surface area contributed by atoms with Crippen molar-refractivity contribution < 1.29 is 9.18 Å². The molecule has 2 heterocycles. The van der Waals surface area contributed by atoms with Crippen LogP contribution in [-0.4, -0.2) is 55.1 Å². The van der Waals surface area contributed by atoms with Crippen LogP contribution in [0.3, 0.4) is 0 Å². The van der Waals surface area contributed by atoms with Crippen molar-refractivity contribution in [1.82, 2.24) is 10.2 Å². The van der Waals surface area contributed by atoms with Crippen LogP contribution >= 0.6 is 12.2 Å². The third kappa shape index (κ3) is 5.83. The number of amides is 1. The Hall–Kier alpha value is -3.81. The molecule has 1 N–H and O–H groups in total. The summed E-state index contributed by atoms with van der Waals surface area (Å²) in [5, 5.41) is 3.11. The lowest BCUT2D eigenvalue weighted by Crippen LogP contribution is -2.47. The summed E-state index contributed by atoms with van der Waals surface area (Å²) in [5.74, 6) is -0.375. The summed E-state index contributed by atoms with van der Waals surface area (Å²) >= 11 is 5.94. The minimum absolute atomic E-state index is 0.0153. The maximum atomic E-state index is 14.6. The molecule has 3 aromatic carbocycles. The van der Waals surface area contributed by atoms with E-state index in [1.165, 1.54) is 11.8 Å². The SMILES string of the molecule is CC1=CC2C(=S)N(Cc3ccccc3F)c3cc(C(=O)NCCCN4CCN(c5ccccc5)CC4)ccc3C2=C1. The quantitative estimate of drug-likeness (QED) is 0.265. The van der Waals surface area contributed by atoms with E-state index in [0.29, 0.717) is 24.2 Å². The maximum Gasteiger partial charge on any atom is 0.251 e. The molecule has 2 aliphatic heterocycles. The molecule has 0 aromatic heterocycles. The number of nitrogens with zero attached hydrogens (tertiary/aromatic N) is 3. The van der Waals surface area contributed by atoms with Gasteiger partial charge < -0.3 is 15.1 Å². The van der Waals surface area contributed by atoms with Gasteiger partial charge in [-0.3, -0.25) is 9.69 Å². The number of hydrogen-bond acceptors (Lipinski definition) is 4. The molecule has 3 aromatic rings. The van der Waals surface area contributed by atoms with Crippen molar-refractivity contribution >= 4 is 40.1 Å². The first-order chi connectivity index (χ1) is 20.0. The number of anilines is 2. The minimum atomic E-state index is -0.258. The van der Waals surface area contributed by atoms with E-state index in [1.54, 1.807) is 12.1 Å². The second-order valence-corrected chi connectivity index (χ2v) is 11.4. The lowest BCUT2D eigenvalue weighted by atomic mass is 9.88. The van der Waals surface area contributed by atoms with Gasteiger partial charge in [0.1, 0.15) is 5.82 Å². The molecule has 41 heavy (non-hydrogen) atoms. The Balaban J connectivity index is 1.09. The Labute approximate surface area is 247 Å². The molecular formula is C34H35FN4OS. The first kappa shape index (κ1) is 27.4. The van der Waals surface area contributed by atoms with Gasteiger partial charge in [0.25, 0.3) is 5.91 Å². The Morgan fingerprint density at radius 2 is 1.76 bits per heavy atom. The van der Waals surface area contributed by atoms with Gasteiger partial charge >= 0.3 is 0 Å². The van der Waals surface area contributed by atoms with Crippen molar-refractivity contribution in [3.8, 4) is 0 Å². The number of fused-ring (bicyclic) bond motifs is 3. The number of allylic oxidation sites excluding steroid dienone is 2. The fourth-order valence-electron chi connectivity index (χ4n) is 6.05. The van der Waals surface area contributed by atoms with Crippen molar-refractivity contribution in [3.05, 3.63) is 113 Å². The average molecular weight is 567 g/mol. The van der Waals surface area contributed by atoms with Crippen LogP contribution in [0.5, 0.6) is 0 Å². The van der Waals surface area contributed by atoms with Crippen LogP contribution in [0.4, 0.5) is 15.8 Å². The van der Waals surface area contributed by atoms with E-state index in [4.69, 9.17) is 12.2 Å². The van der Waals surface area contributed by atoms with Gasteiger partial charge in [-0.25, -0.2) is 4.39 Å². The summed E-state index contributed by atoms with van der Waals surface area (Å²) in [4.78, 5) is 20.8. The van der Waals surface area contributed by atoms with E-state index in [2.05, 4.69) is 64.5 Å². The molecule has 1 unspecified atom stereocenters. The van der Waals surface area contributed by atoms with E-state index in [-0.39, 0.29) is 17.6 Å². The Morgan fingerprint density at radius 1 is 1.00 bits per heavy atom. The van der Waals surface area contributed by atoms with Gasteiger partial charge in [0, 0.05) is 55.1 Å². The highest BCUT2D eigenvalue weighted by molar-refractivity contribution is 7.80. The van der Waals surface area contributed by atoms with Crippen molar-refractivity contribution in [3.63, 3.8) is 0 Å². The third-order valence-electron chi connectivity index (χ3n) is 8.26.